The van der Waals surface area contributed by atoms with Crippen LogP contribution in [-0.4, -0.2) is 43.6 Å². The lowest BCUT2D eigenvalue weighted by Crippen LogP contribution is -2.46. The zero-order valence-electron chi connectivity index (χ0n) is 12.3. The fourth-order valence-electron chi connectivity index (χ4n) is 3.01. The SMILES string of the molecule is CN(C)C1(CN=C(N)NCC2CCC2)CCCC1.I. The van der Waals surface area contributed by atoms with Crippen molar-refractivity contribution in [1.82, 2.24) is 10.2 Å². The quantitative estimate of drug-likeness (QED) is 0.437. The molecule has 0 unspecified atom stereocenters. The molecule has 0 spiro atoms. The Labute approximate surface area is 134 Å². The molecule has 2 rings (SSSR count). The van der Waals surface area contributed by atoms with Crippen molar-refractivity contribution >= 4 is 29.9 Å². The van der Waals surface area contributed by atoms with Gasteiger partial charge in [-0.1, -0.05) is 19.3 Å². The number of nitrogens with zero attached hydrogens (tertiary/aromatic N) is 2. The molecule has 4 nitrogen and oxygen atoms in total. The van der Waals surface area contributed by atoms with Gasteiger partial charge in [-0.05, 0) is 45.7 Å². The highest BCUT2D eigenvalue weighted by Gasteiger charge is 2.35. The topological polar surface area (TPSA) is 53.6 Å². The first-order valence-corrected chi connectivity index (χ1v) is 7.34. The lowest BCUT2D eigenvalue weighted by molar-refractivity contribution is 0.167. The van der Waals surface area contributed by atoms with Crippen LogP contribution in [0.4, 0.5) is 0 Å². The molecule has 0 amide bonds. The van der Waals surface area contributed by atoms with Gasteiger partial charge in [0.2, 0.25) is 0 Å². The van der Waals surface area contributed by atoms with E-state index in [1.165, 1.54) is 44.9 Å². The van der Waals surface area contributed by atoms with Crippen LogP contribution in [0, 0.1) is 5.92 Å². The molecule has 2 aliphatic carbocycles. The minimum atomic E-state index is 0. The van der Waals surface area contributed by atoms with Crippen molar-refractivity contribution in [3.63, 3.8) is 0 Å². The molecule has 0 aliphatic heterocycles. The highest BCUT2D eigenvalue weighted by Crippen LogP contribution is 2.33. The lowest BCUT2D eigenvalue weighted by atomic mass is 9.85. The van der Waals surface area contributed by atoms with E-state index in [2.05, 4.69) is 29.3 Å². The number of hydrogen-bond acceptors (Lipinski definition) is 2. The van der Waals surface area contributed by atoms with E-state index in [0.29, 0.717) is 5.96 Å². The number of likely N-dealkylation sites (N-methyl/N-ethyl adjacent to an activating group) is 1. The van der Waals surface area contributed by atoms with Gasteiger partial charge in [-0.3, -0.25) is 4.99 Å². The van der Waals surface area contributed by atoms with E-state index in [1.807, 2.05) is 0 Å². The molecule has 112 valence electrons. The van der Waals surface area contributed by atoms with Crippen LogP contribution < -0.4 is 11.1 Å². The number of nitrogens with two attached hydrogens (primary N) is 1. The Morgan fingerprint density at radius 2 is 1.89 bits per heavy atom. The predicted molar refractivity (Wildman–Crippen MR) is 92.1 cm³/mol. The van der Waals surface area contributed by atoms with E-state index in [4.69, 9.17) is 5.73 Å². The second kappa shape index (κ2) is 7.67. The van der Waals surface area contributed by atoms with Gasteiger partial charge in [-0.2, -0.15) is 0 Å². The highest BCUT2D eigenvalue weighted by atomic mass is 127. The zero-order chi connectivity index (χ0) is 13.0. The van der Waals surface area contributed by atoms with Gasteiger partial charge in [0.05, 0.1) is 6.54 Å². The molecule has 0 aromatic heterocycles. The third kappa shape index (κ3) is 4.48. The number of guanidine groups is 1. The van der Waals surface area contributed by atoms with Crippen LogP contribution in [0.5, 0.6) is 0 Å². The van der Waals surface area contributed by atoms with Gasteiger partial charge in [-0.25, -0.2) is 0 Å². The van der Waals surface area contributed by atoms with Crippen molar-refractivity contribution in [1.29, 1.82) is 0 Å². The highest BCUT2D eigenvalue weighted by molar-refractivity contribution is 14.0. The van der Waals surface area contributed by atoms with Crippen LogP contribution in [0.2, 0.25) is 0 Å². The van der Waals surface area contributed by atoms with Gasteiger partial charge in [-0.15, -0.1) is 24.0 Å². The van der Waals surface area contributed by atoms with Crippen LogP contribution in [-0.2, 0) is 0 Å². The molecule has 0 heterocycles. The predicted octanol–water partition coefficient (Wildman–Crippen LogP) is 2.18. The number of halogens is 1. The standard InChI is InChI=1S/C14H28N4.HI/c1-18(2)14(8-3-4-9-14)11-17-13(15)16-10-12-6-5-7-12;/h12H,3-11H2,1-2H3,(H3,15,16,17);1H. The van der Waals surface area contributed by atoms with Gasteiger partial charge in [0.1, 0.15) is 0 Å². The Hall–Kier alpha value is -0.0400. The van der Waals surface area contributed by atoms with Gasteiger partial charge in [0.15, 0.2) is 5.96 Å². The van der Waals surface area contributed by atoms with Crippen LogP contribution in [0.1, 0.15) is 44.9 Å². The van der Waals surface area contributed by atoms with Crippen LogP contribution >= 0.6 is 24.0 Å². The summed E-state index contributed by atoms with van der Waals surface area (Å²) in [5.74, 6) is 1.46. The molecule has 2 aliphatic rings. The summed E-state index contributed by atoms with van der Waals surface area (Å²) in [4.78, 5) is 6.91. The van der Waals surface area contributed by atoms with E-state index in [1.54, 1.807) is 0 Å². The second-order valence-corrected chi connectivity index (χ2v) is 6.21. The summed E-state index contributed by atoms with van der Waals surface area (Å²) in [6.45, 7) is 1.84. The molecular formula is C14H29IN4. The van der Waals surface area contributed by atoms with Gasteiger partial charge < -0.3 is 16.0 Å². The molecule has 3 N–H and O–H groups in total. The average Bonchev–Trinajstić information content (AvgIpc) is 2.74. The second-order valence-electron chi connectivity index (χ2n) is 6.21. The first-order valence-electron chi connectivity index (χ1n) is 7.34. The normalized spacial score (nSPS) is 23.0. The number of nitrogens with one attached hydrogen (secondary N) is 1. The molecule has 0 aromatic carbocycles. The fourth-order valence-corrected chi connectivity index (χ4v) is 3.01. The van der Waals surface area contributed by atoms with Gasteiger partial charge >= 0.3 is 0 Å². The Kier molecular flexibility index (Phi) is 6.86. The number of hydrogen-bond donors (Lipinski definition) is 2. The van der Waals surface area contributed by atoms with Crippen molar-refractivity contribution in [2.45, 2.75) is 50.5 Å². The first-order chi connectivity index (χ1) is 8.62. The summed E-state index contributed by atoms with van der Waals surface area (Å²) in [5.41, 5.74) is 6.21. The summed E-state index contributed by atoms with van der Waals surface area (Å²) in [7, 11) is 4.33. The first kappa shape index (κ1) is 17.0. The molecule has 19 heavy (non-hydrogen) atoms. The molecule has 0 atom stereocenters. The van der Waals surface area contributed by atoms with E-state index >= 15 is 0 Å². The maximum absolute atomic E-state index is 5.96. The number of aliphatic imine (C=N–C) groups is 1. The summed E-state index contributed by atoms with van der Waals surface area (Å²) in [5, 5.41) is 3.27. The van der Waals surface area contributed by atoms with E-state index < -0.39 is 0 Å². The van der Waals surface area contributed by atoms with E-state index in [0.717, 1.165) is 19.0 Å². The molecule has 0 bridgehead atoms. The molecule has 0 radical (unpaired) electrons. The van der Waals surface area contributed by atoms with Crippen molar-refractivity contribution < 1.29 is 0 Å². The van der Waals surface area contributed by atoms with Gasteiger partial charge in [0.25, 0.3) is 0 Å². The molecule has 2 saturated carbocycles. The Balaban J connectivity index is 0.00000180. The molecule has 0 saturated heterocycles. The Bertz CT molecular complexity index is 294. The monoisotopic (exact) mass is 380 g/mol. The van der Waals surface area contributed by atoms with Crippen molar-refractivity contribution in [3.05, 3.63) is 0 Å². The molecule has 2 fully saturated rings. The summed E-state index contributed by atoms with van der Waals surface area (Å²) in [6, 6.07) is 0. The molecule has 0 aromatic rings. The lowest BCUT2D eigenvalue weighted by Gasteiger charge is -2.35. The third-order valence-electron chi connectivity index (χ3n) is 4.82. The summed E-state index contributed by atoms with van der Waals surface area (Å²) >= 11 is 0. The smallest absolute Gasteiger partial charge is 0.188 e. The van der Waals surface area contributed by atoms with Crippen molar-refractivity contribution in [3.8, 4) is 0 Å². The Morgan fingerprint density at radius 3 is 2.37 bits per heavy atom. The third-order valence-corrected chi connectivity index (χ3v) is 4.82. The van der Waals surface area contributed by atoms with Crippen molar-refractivity contribution in [2.24, 2.45) is 16.6 Å². The minimum Gasteiger partial charge on any atom is -0.370 e. The van der Waals surface area contributed by atoms with E-state index in [-0.39, 0.29) is 29.5 Å². The molecule has 5 heteroatoms. The number of rotatable bonds is 5. The van der Waals surface area contributed by atoms with Crippen LogP contribution in [0.3, 0.4) is 0 Å². The minimum absolute atomic E-state index is 0. The van der Waals surface area contributed by atoms with Crippen LogP contribution in [0.15, 0.2) is 4.99 Å². The summed E-state index contributed by atoms with van der Waals surface area (Å²) < 4.78 is 0. The average molecular weight is 380 g/mol. The van der Waals surface area contributed by atoms with Crippen molar-refractivity contribution in [2.75, 3.05) is 27.2 Å². The maximum Gasteiger partial charge on any atom is 0.188 e. The molecular weight excluding hydrogens is 351 g/mol. The van der Waals surface area contributed by atoms with Gasteiger partial charge in [0, 0.05) is 12.1 Å². The van der Waals surface area contributed by atoms with E-state index in [9.17, 15) is 0 Å². The summed E-state index contributed by atoms with van der Waals surface area (Å²) in [6.07, 6.45) is 9.22. The fraction of sp³-hybridized carbons (Fsp3) is 0.929. The maximum atomic E-state index is 5.96. The van der Waals surface area contributed by atoms with Crippen LogP contribution in [0.25, 0.3) is 0 Å². The zero-order valence-corrected chi connectivity index (χ0v) is 14.7. The largest absolute Gasteiger partial charge is 0.370 e. The Morgan fingerprint density at radius 1 is 1.26 bits per heavy atom.